The zero-order valence-corrected chi connectivity index (χ0v) is 25.0. The minimum Gasteiger partial charge on any atom is -0.396 e. The van der Waals surface area contributed by atoms with E-state index in [9.17, 15) is 5.11 Å². The van der Waals surface area contributed by atoms with Crippen LogP contribution in [-0.4, -0.2) is 17.5 Å². The predicted octanol–water partition coefficient (Wildman–Crippen LogP) is 10.0. The van der Waals surface area contributed by atoms with Crippen molar-refractivity contribution in [2.75, 3.05) is 12.4 Å². The van der Waals surface area contributed by atoms with Gasteiger partial charge in [0, 0.05) is 10.6 Å². The monoisotopic (exact) mass is 572 g/mol. The number of rotatable bonds is 6. The van der Waals surface area contributed by atoms with Crippen LogP contribution in [0.4, 0.5) is 0 Å². The minimum absolute atomic E-state index is 0.189. The first-order chi connectivity index (χ1) is 21.2. The van der Waals surface area contributed by atoms with E-state index < -0.39 is 0 Å². The summed E-state index contributed by atoms with van der Waals surface area (Å²) in [6.45, 7) is 2.40. The van der Waals surface area contributed by atoms with Crippen molar-refractivity contribution < 1.29 is 5.11 Å². The molecule has 208 valence electrons. The molecule has 0 radical (unpaired) electrons. The molecule has 1 N–H and O–H groups in total. The van der Waals surface area contributed by atoms with Crippen LogP contribution in [0, 0.1) is 0 Å². The molecule has 0 aromatic heterocycles. The molecule has 43 heavy (non-hydrogen) atoms. The fraction of sp³-hybridized carbons (Fsp3) is 0.122. The fourth-order valence-electron chi connectivity index (χ4n) is 7.34. The van der Waals surface area contributed by atoms with Gasteiger partial charge in [-0.05, 0) is 103 Å². The number of benzene rings is 6. The topological polar surface area (TPSA) is 20.2 Å². The Bertz CT molecular complexity index is 1970. The van der Waals surface area contributed by atoms with Crippen molar-refractivity contribution in [2.24, 2.45) is 0 Å². The van der Waals surface area contributed by atoms with Crippen LogP contribution in [0.3, 0.4) is 0 Å². The Labute approximate surface area is 257 Å². The summed E-state index contributed by atoms with van der Waals surface area (Å²) >= 11 is 1.69. The number of hydrogen-bond acceptors (Lipinski definition) is 2. The molecule has 0 aliphatic heterocycles. The van der Waals surface area contributed by atoms with E-state index in [0.29, 0.717) is 5.75 Å². The summed E-state index contributed by atoms with van der Waals surface area (Å²) in [5.41, 5.74) is 16.6. The molecule has 1 nitrogen and oxygen atoms in total. The molecule has 0 saturated carbocycles. The Morgan fingerprint density at radius 1 is 0.512 bits per heavy atom. The molecule has 2 heteroatoms. The third kappa shape index (κ3) is 3.97. The van der Waals surface area contributed by atoms with Gasteiger partial charge in [-0.25, -0.2) is 0 Å². The Kier molecular flexibility index (Phi) is 6.36. The second-order valence-corrected chi connectivity index (χ2v) is 12.7. The molecule has 1 spiro atoms. The molecule has 0 amide bonds. The third-order valence-electron chi connectivity index (χ3n) is 9.33. The lowest BCUT2D eigenvalue weighted by molar-refractivity contribution is 0.322. The highest BCUT2D eigenvalue weighted by Gasteiger charge is 2.51. The first-order valence-corrected chi connectivity index (χ1v) is 16.1. The van der Waals surface area contributed by atoms with E-state index in [1.165, 1.54) is 77.2 Å². The van der Waals surface area contributed by atoms with Gasteiger partial charge in [-0.3, -0.25) is 0 Å². The van der Waals surface area contributed by atoms with Crippen molar-refractivity contribution in [3.8, 4) is 44.5 Å². The van der Waals surface area contributed by atoms with Gasteiger partial charge < -0.3 is 5.11 Å². The average Bonchev–Trinajstić information content (AvgIpc) is 3.54. The molecule has 1 atom stereocenters. The van der Waals surface area contributed by atoms with Crippen LogP contribution < -0.4 is 0 Å². The van der Waals surface area contributed by atoms with Gasteiger partial charge >= 0.3 is 0 Å². The van der Waals surface area contributed by atoms with Gasteiger partial charge in [0.05, 0.1) is 12.0 Å². The van der Waals surface area contributed by atoms with Crippen molar-refractivity contribution in [3.63, 3.8) is 0 Å². The van der Waals surface area contributed by atoms with Gasteiger partial charge in [0.2, 0.25) is 0 Å². The van der Waals surface area contributed by atoms with Crippen molar-refractivity contribution in [3.05, 3.63) is 161 Å². The van der Waals surface area contributed by atoms with E-state index in [4.69, 9.17) is 0 Å². The van der Waals surface area contributed by atoms with Crippen LogP contribution in [0.5, 0.6) is 0 Å². The van der Waals surface area contributed by atoms with E-state index in [1.54, 1.807) is 11.8 Å². The van der Waals surface area contributed by atoms with E-state index in [0.717, 1.165) is 6.42 Å². The first kappa shape index (κ1) is 26.3. The largest absolute Gasteiger partial charge is 0.396 e. The summed E-state index contributed by atoms with van der Waals surface area (Å²) in [7, 11) is 0. The van der Waals surface area contributed by atoms with E-state index in [-0.39, 0.29) is 12.0 Å². The summed E-state index contributed by atoms with van der Waals surface area (Å²) in [6, 6.07) is 50.0. The maximum Gasteiger partial charge on any atom is 0.0725 e. The summed E-state index contributed by atoms with van der Waals surface area (Å²) in [6.07, 6.45) is 1.04. The van der Waals surface area contributed by atoms with Crippen LogP contribution in [0.1, 0.15) is 34.7 Å². The maximum atomic E-state index is 9.25. The normalized spacial score (nSPS) is 15.7. The average molecular weight is 573 g/mol. The molecule has 6 aromatic rings. The summed E-state index contributed by atoms with van der Waals surface area (Å²) < 4.78 is 0. The molecular formula is C41H32OS. The van der Waals surface area contributed by atoms with E-state index in [2.05, 4.69) is 140 Å². The van der Waals surface area contributed by atoms with Crippen LogP contribution in [0.2, 0.25) is 0 Å². The number of fused-ring (bicyclic) bond motifs is 10. The number of thioether (sulfide) groups is 1. The predicted molar refractivity (Wildman–Crippen MR) is 181 cm³/mol. The van der Waals surface area contributed by atoms with Crippen LogP contribution in [-0.2, 0) is 11.8 Å². The zero-order chi connectivity index (χ0) is 29.0. The summed E-state index contributed by atoms with van der Waals surface area (Å²) in [5, 5.41) is 9.25. The molecular weight excluding hydrogens is 541 g/mol. The number of aliphatic hydroxyl groups excluding tert-OH is 1. The molecule has 0 heterocycles. The standard InChI is InChI=1S/C41H32OS/c1-2-27-11-13-28(14-12-27)30-17-21-35-33-7-3-5-9-37(33)41(39(35)25-30)38-10-6-4-8-34(38)36-22-18-31(26-40(36)41)29-15-19-32(20-16-29)43-24-23-42/h3-22,25-26,42H,2,23-24H2,1H3. The van der Waals surface area contributed by atoms with Crippen molar-refractivity contribution >= 4 is 11.8 Å². The van der Waals surface area contributed by atoms with Crippen LogP contribution >= 0.6 is 11.8 Å². The highest BCUT2D eigenvalue weighted by atomic mass is 32.2. The van der Waals surface area contributed by atoms with Gasteiger partial charge in [-0.2, -0.15) is 0 Å². The van der Waals surface area contributed by atoms with E-state index in [1.807, 2.05) is 0 Å². The van der Waals surface area contributed by atoms with Crippen LogP contribution in [0.25, 0.3) is 44.5 Å². The lowest BCUT2D eigenvalue weighted by Crippen LogP contribution is -2.26. The van der Waals surface area contributed by atoms with Gasteiger partial charge in [0.1, 0.15) is 0 Å². The van der Waals surface area contributed by atoms with Gasteiger partial charge in [0.15, 0.2) is 0 Å². The Morgan fingerprint density at radius 2 is 0.977 bits per heavy atom. The Balaban J connectivity index is 1.37. The lowest BCUT2D eigenvalue weighted by atomic mass is 9.70. The molecule has 6 aromatic carbocycles. The molecule has 2 aliphatic rings. The minimum atomic E-state index is -0.385. The van der Waals surface area contributed by atoms with Gasteiger partial charge in [-0.1, -0.05) is 116 Å². The quantitative estimate of drug-likeness (QED) is 0.200. The van der Waals surface area contributed by atoms with Crippen LogP contribution in [0.15, 0.2) is 138 Å². The van der Waals surface area contributed by atoms with Crippen molar-refractivity contribution in [2.45, 2.75) is 23.7 Å². The Hall–Kier alpha value is -4.37. The SMILES string of the molecule is CCc1ccc(-c2ccc3c(c2)C2(c4ccccc4-3)c3ccccc3-c3ccc(-c4ccc(SCCO)cc4)cc32)cc1. The second kappa shape index (κ2) is 10.4. The van der Waals surface area contributed by atoms with Gasteiger partial charge in [0.25, 0.3) is 0 Å². The molecule has 2 aliphatic carbocycles. The highest BCUT2D eigenvalue weighted by Crippen LogP contribution is 2.63. The fourth-order valence-corrected chi connectivity index (χ4v) is 7.99. The molecule has 0 bridgehead atoms. The molecule has 0 fully saturated rings. The maximum absolute atomic E-state index is 9.25. The zero-order valence-electron chi connectivity index (χ0n) is 24.2. The summed E-state index contributed by atoms with van der Waals surface area (Å²) in [5.74, 6) is 0.711. The summed E-state index contributed by atoms with van der Waals surface area (Å²) in [4.78, 5) is 1.18. The lowest BCUT2D eigenvalue weighted by Gasteiger charge is -2.31. The second-order valence-electron chi connectivity index (χ2n) is 11.5. The van der Waals surface area contributed by atoms with E-state index >= 15 is 0 Å². The Morgan fingerprint density at radius 3 is 1.49 bits per heavy atom. The smallest absolute Gasteiger partial charge is 0.0725 e. The third-order valence-corrected chi connectivity index (χ3v) is 10.3. The number of hydrogen-bond donors (Lipinski definition) is 1. The van der Waals surface area contributed by atoms with Crippen molar-refractivity contribution in [1.29, 1.82) is 0 Å². The molecule has 1 unspecified atom stereocenters. The number of aliphatic hydroxyl groups is 1. The first-order valence-electron chi connectivity index (χ1n) is 15.1. The molecule has 8 rings (SSSR count). The van der Waals surface area contributed by atoms with Gasteiger partial charge in [-0.15, -0.1) is 11.8 Å². The molecule has 0 saturated heterocycles. The highest BCUT2D eigenvalue weighted by molar-refractivity contribution is 7.99. The van der Waals surface area contributed by atoms with Crippen molar-refractivity contribution in [1.82, 2.24) is 0 Å². The number of aryl methyl sites for hydroxylation is 1.